The SMILES string of the molecule is Cc1nnc(N(CCC(=O)OC(C)(C)C)Cc2ccccc2C)o1. The van der Waals surface area contributed by atoms with Crippen molar-refractivity contribution in [2.24, 2.45) is 0 Å². The first-order chi connectivity index (χ1) is 11.2. The second-order valence-electron chi connectivity index (χ2n) is 6.79. The summed E-state index contributed by atoms with van der Waals surface area (Å²) in [5.74, 6) is 0.255. The highest BCUT2D eigenvalue weighted by atomic mass is 16.6. The molecule has 0 aliphatic heterocycles. The molecule has 6 heteroatoms. The molecule has 0 saturated heterocycles. The van der Waals surface area contributed by atoms with Crippen molar-refractivity contribution in [3.05, 3.63) is 41.3 Å². The molecular weight excluding hydrogens is 306 g/mol. The Balaban J connectivity index is 2.09. The van der Waals surface area contributed by atoms with E-state index in [1.807, 2.05) is 37.8 Å². The van der Waals surface area contributed by atoms with Crippen LogP contribution < -0.4 is 4.90 Å². The summed E-state index contributed by atoms with van der Waals surface area (Å²) in [6.45, 7) is 10.4. The van der Waals surface area contributed by atoms with Gasteiger partial charge >= 0.3 is 12.0 Å². The fraction of sp³-hybridized carbons (Fsp3) is 0.500. The van der Waals surface area contributed by atoms with Crippen LogP contribution in [0.4, 0.5) is 6.01 Å². The summed E-state index contributed by atoms with van der Waals surface area (Å²) >= 11 is 0. The Labute approximate surface area is 142 Å². The summed E-state index contributed by atoms with van der Waals surface area (Å²) in [5.41, 5.74) is 1.84. The second kappa shape index (κ2) is 7.47. The number of nitrogens with zero attached hydrogens (tertiary/aromatic N) is 3. The summed E-state index contributed by atoms with van der Waals surface area (Å²) in [6.07, 6.45) is 0.255. The Kier molecular flexibility index (Phi) is 5.59. The van der Waals surface area contributed by atoms with E-state index in [0.29, 0.717) is 25.0 Å². The Morgan fingerprint density at radius 2 is 1.92 bits per heavy atom. The minimum absolute atomic E-state index is 0.242. The third-order valence-electron chi connectivity index (χ3n) is 3.41. The number of anilines is 1. The standard InChI is InChI=1S/C18H25N3O3/c1-13-8-6-7-9-15(13)12-21(17-20-19-14(2)23-17)11-10-16(22)24-18(3,4)5/h6-9H,10-12H2,1-5H3. The van der Waals surface area contributed by atoms with Crippen LogP contribution in [0.15, 0.2) is 28.7 Å². The molecule has 0 atom stereocenters. The van der Waals surface area contributed by atoms with Crippen LogP contribution in [-0.4, -0.2) is 28.3 Å². The molecule has 130 valence electrons. The van der Waals surface area contributed by atoms with E-state index in [9.17, 15) is 4.79 Å². The first-order valence-electron chi connectivity index (χ1n) is 8.06. The maximum atomic E-state index is 12.0. The van der Waals surface area contributed by atoms with E-state index < -0.39 is 5.60 Å². The molecule has 2 rings (SSSR count). The van der Waals surface area contributed by atoms with E-state index in [1.54, 1.807) is 6.92 Å². The molecule has 0 aliphatic carbocycles. The van der Waals surface area contributed by atoms with Crippen molar-refractivity contribution in [1.29, 1.82) is 0 Å². The van der Waals surface area contributed by atoms with Crippen molar-refractivity contribution in [3.63, 3.8) is 0 Å². The molecule has 1 aromatic carbocycles. The van der Waals surface area contributed by atoms with Gasteiger partial charge in [0.1, 0.15) is 5.60 Å². The number of hydrogen-bond acceptors (Lipinski definition) is 6. The van der Waals surface area contributed by atoms with Crippen molar-refractivity contribution in [2.45, 2.75) is 53.2 Å². The fourth-order valence-electron chi connectivity index (χ4n) is 2.27. The Bertz CT molecular complexity index is 689. The summed E-state index contributed by atoms with van der Waals surface area (Å²) in [6, 6.07) is 8.52. The summed E-state index contributed by atoms with van der Waals surface area (Å²) in [7, 11) is 0. The van der Waals surface area contributed by atoms with E-state index in [2.05, 4.69) is 29.3 Å². The number of carbonyl (C=O) groups is 1. The van der Waals surface area contributed by atoms with Crippen molar-refractivity contribution in [2.75, 3.05) is 11.4 Å². The van der Waals surface area contributed by atoms with E-state index in [4.69, 9.17) is 9.15 Å². The molecular formula is C18H25N3O3. The van der Waals surface area contributed by atoms with Crippen LogP contribution in [0.5, 0.6) is 0 Å². The summed E-state index contributed by atoms with van der Waals surface area (Å²) in [4.78, 5) is 13.9. The van der Waals surface area contributed by atoms with Crippen LogP contribution in [0.25, 0.3) is 0 Å². The first kappa shape index (κ1) is 18.0. The van der Waals surface area contributed by atoms with Gasteiger partial charge in [-0.05, 0) is 38.8 Å². The van der Waals surface area contributed by atoms with Gasteiger partial charge in [-0.3, -0.25) is 4.79 Å². The zero-order valence-corrected chi connectivity index (χ0v) is 15.0. The largest absolute Gasteiger partial charge is 0.460 e. The van der Waals surface area contributed by atoms with E-state index in [1.165, 1.54) is 5.56 Å². The molecule has 1 heterocycles. The molecule has 0 radical (unpaired) electrons. The van der Waals surface area contributed by atoms with Crippen LogP contribution >= 0.6 is 0 Å². The molecule has 1 aromatic heterocycles. The number of aromatic nitrogens is 2. The van der Waals surface area contributed by atoms with Gasteiger partial charge in [-0.15, -0.1) is 5.10 Å². The highest BCUT2D eigenvalue weighted by Gasteiger charge is 2.20. The van der Waals surface area contributed by atoms with Gasteiger partial charge in [-0.1, -0.05) is 29.4 Å². The minimum atomic E-state index is -0.487. The second-order valence-corrected chi connectivity index (χ2v) is 6.79. The van der Waals surface area contributed by atoms with Gasteiger partial charge in [-0.25, -0.2) is 0 Å². The van der Waals surface area contributed by atoms with Gasteiger partial charge in [0.15, 0.2) is 0 Å². The molecule has 0 spiro atoms. The smallest absolute Gasteiger partial charge is 0.318 e. The van der Waals surface area contributed by atoms with Gasteiger partial charge in [0.25, 0.3) is 0 Å². The monoisotopic (exact) mass is 331 g/mol. The Morgan fingerprint density at radius 1 is 1.21 bits per heavy atom. The molecule has 0 amide bonds. The van der Waals surface area contributed by atoms with Crippen molar-refractivity contribution < 1.29 is 13.9 Å². The average molecular weight is 331 g/mol. The number of ether oxygens (including phenoxy) is 1. The summed E-state index contributed by atoms with van der Waals surface area (Å²) < 4.78 is 10.9. The molecule has 2 aromatic rings. The lowest BCUT2D eigenvalue weighted by atomic mass is 10.1. The van der Waals surface area contributed by atoms with Crippen molar-refractivity contribution >= 4 is 12.0 Å². The van der Waals surface area contributed by atoms with Crippen molar-refractivity contribution in [1.82, 2.24) is 10.2 Å². The maximum Gasteiger partial charge on any atom is 0.318 e. The fourth-order valence-corrected chi connectivity index (χ4v) is 2.27. The highest BCUT2D eigenvalue weighted by molar-refractivity contribution is 5.70. The van der Waals surface area contributed by atoms with Crippen LogP contribution in [0.3, 0.4) is 0 Å². The normalized spacial score (nSPS) is 11.4. The molecule has 24 heavy (non-hydrogen) atoms. The average Bonchev–Trinajstić information content (AvgIpc) is 2.90. The topological polar surface area (TPSA) is 68.5 Å². The number of aryl methyl sites for hydroxylation is 2. The van der Waals surface area contributed by atoms with Gasteiger partial charge in [0.2, 0.25) is 5.89 Å². The van der Waals surface area contributed by atoms with Gasteiger partial charge < -0.3 is 14.1 Å². The zero-order valence-electron chi connectivity index (χ0n) is 15.0. The molecule has 0 fully saturated rings. The first-order valence-corrected chi connectivity index (χ1v) is 8.06. The molecule has 0 aliphatic rings. The predicted octanol–water partition coefficient (Wildman–Crippen LogP) is 3.42. The Morgan fingerprint density at radius 3 is 2.50 bits per heavy atom. The van der Waals surface area contributed by atoms with Crippen LogP contribution in [0.2, 0.25) is 0 Å². The third-order valence-corrected chi connectivity index (χ3v) is 3.41. The van der Waals surface area contributed by atoms with E-state index >= 15 is 0 Å². The van der Waals surface area contributed by atoms with Crippen molar-refractivity contribution in [3.8, 4) is 0 Å². The van der Waals surface area contributed by atoms with E-state index in [-0.39, 0.29) is 12.4 Å². The van der Waals surface area contributed by atoms with E-state index in [0.717, 1.165) is 5.56 Å². The third kappa shape index (κ3) is 5.37. The molecule has 0 N–H and O–H groups in total. The highest BCUT2D eigenvalue weighted by Crippen LogP contribution is 2.18. The number of rotatable bonds is 6. The number of hydrogen-bond donors (Lipinski definition) is 0. The minimum Gasteiger partial charge on any atom is -0.460 e. The maximum absolute atomic E-state index is 12.0. The lowest BCUT2D eigenvalue weighted by Crippen LogP contribution is -2.30. The van der Waals surface area contributed by atoms with Gasteiger partial charge in [-0.2, -0.15) is 0 Å². The van der Waals surface area contributed by atoms with Gasteiger partial charge in [0.05, 0.1) is 6.42 Å². The summed E-state index contributed by atoms with van der Waals surface area (Å²) in [5, 5.41) is 7.97. The van der Waals surface area contributed by atoms with Gasteiger partial charge in [0, 0.05) is 20.0 Å². The van der Waals surface area contributed by atoms with Crippen LogP contribution in [-0.2, 0) is 16.1 Å². The zero-order chi connectivity index (χ0) is 17.7. The van der Waals surface area contributed by atoms with Crippen LogP contribution in [0.1, 0.15) is 44.2 Å². The quantitative estimate of drug-likeness (QED) is 0.756. The van der Waals surface area contributed by atoms with Crippen LogP contribution in [0, 0.1) is 13.8 Å². The number of esters is 1. The lowest BCUT2D eigenvalue weighted by Gasteiger charge is -2.23. The molecule has 6 nitrogen and oxygen atoms in total. The molecule has 0 bridgehead atoms. The molecule has 0 unspecified atom stereocenters. The number of carbonyl (C=O) groups excluding carboxylic acids is 1. The number of benzene rings is 1. The Hall–Kier alpha value is -2.37. The molecule has 0 saturated carbocycles. The predicted molar refractivity (Wildman–Crippen MR) is 91.7 cm³/mol. The lowest BCUT2D eigenvalue weighted by molar-refractivity contribution is -0.154.